The molecule has 0 aliphatic heterocycles. The Morgan fingerprint density at radius 1 is 1.60 bits per heavy atom. The monoisotopic (exact) mass is 112 g/mol. The minimum absolute atomic E-state index is 1.62. The Bertz CT molecular complexity index is 45.6. The van der Waals surface area contributed by atoms with E-state index in [2.05, 4.69) is 15.0 Å². The van der Waals surface area contributed by atoms with Crippen LogP contribution in [0.15, 0.2) is 12.2 Å². The van der Waals surface area contributed by atoms with Gasteiger partial charge in [0.2, 0.25) is 0 Å². The standard InChI is InChI=1S/C4H6.Ni/c1-3-4-2;/h1,3-4H,2H3;/b4-3-;. The van der Waals surface area contributed by atoms with Gasteiger partial charge in [0.15, 0.2) is 0 Å². The predicted octanol–water partition coefficient (Wildman–Crippen LogP) is 0.911. The van der Waals surface area contributed by atoms with Crippen LogP contribution in [0.1, 0.15) is 6.92 Å². The van der Waals surface area contributed by atoms with Crippen LogP contribution in [0.4, 0.5) is 0 Å². The van der Waals surface area contributed by atoms with Crippen LogP contribution in [0.5, 0.6) is 0 Å². The molecule has 0 radical (unpaired) electrons. The summed E-state index contributed by atoms with van der Waals surface area (Å²) in [7, 11) is 0. The van der Waals surface area contributed by atoms with Crippen molar-refractivity contribution in [3.8, 4) is 0 Å². The predicted molar refractivity (Wildman–Crippen MR) is 20.9 cm³/mol. The third-order valence-electron chi connectivity index (χ3n) is 0.253. The Hall–Kier alpha value is 0.104. The molecule has 0 atom stereocenters. The van der Waals surface area contributed by atoms with Crippen molar-refractivity contribution in [1.29, 1.82) is 0 Å². The van der Waals surface area contributed by atoms with E-state index in [9.17, 15) is 0 Å². The van der Waals surface area contributed by atoms with Crippen LogP contribution in [0.3, 0.4) is 0 Å². The Morgan fingerprint density at radius 3 is 2.20 bits per heavy atom. The molecule has 32 valence electrons. The fraction of sp³-hybridized carbons (Fsp3) is 0.250. The van der Waals surface area contributed by atoms with Gasteiger partial charge in [-0.05, 0) is 0 Å². The summed E-state index contributed by atoms with van der Waals surface area (Å²) in [6, 6.07) is 0. The van der Waals surface area contributed by atoms with Crippen molar-refractivity contribution < 1.29 is 15.0 Å². The number of hydrogen-bond donors (Lipinski definition) is 0. The second-order valence-electron chi connectivity index (χ2n) is 0.631. The van der Waals surface area contributed by atoms with Crippen LogP contribution in [-0.4, -0.2) is 4.99 Å². The molecule has 0 aliphatic carbocycles. The zero-order valence-electron chi connectivity index (χ0n) is 3.05. The van der Waals surface area contributed by atoms with E-state index in [1.807, 2.05) is 19.1 Å². The van der Waals surface area contributed by atoms with Gasteiger partial charge in [-0.15, -0.1) is 0 Å². The molecule has 0 aromatic carbocycles. The van der Waals surface area contributed by atoms with Crippen LogP contribution < -0.4 is 0 Å². The molecule has 1 heteroatoms. The van der Waals surface area contributed by atoms with E-state index in [0.717, 1.165) is 0 Å². The van der Waals surface area contributed by atoms with Crippen molar-refractivity contribution in [2.75, 3.05) is 0 Å². The Morgan fingerprint density at radius 2 is 2.20 bits per heavy atom. The van der Waals surface area contributed by atoms with Gasteiger partial charge in [0.05, 0.1) is 0 Å². The molecular formula is C4H6Ni. The van der Waals surface area contributed by atoms with Gasteiger partial charge in [0, 0.05) is 0 Å². The maximum absolute atomic E-state index is 4.20. The zero-order valence-corrected chi connectivity index (χ0v) is 4.04. The summed E-state index contributed by atoms with van der Waals surface area (Å²) in [4.78, 5) is 1.62. The van der Waals surface area contributed by atoms with Crippen LogP contribution >= 0.6 is 0 Å². The van der Waals surface area contributed by atoms with Crippen LogP contribution in [0.25, 0.3) is 0 Å². The second-order valence-corrected chi connectivity index (χ2v) is 0.960. The minimum atomic E-state index is 1.62. The molecule has 0 nitrogen and oxygen atoms in total. The van der Waals surface area contributed by atoms with E-state index >= 15 is 0 Å². The summed E-state index contributed by atoms with van der Waals surface area (Å²) in [5, 5.41) is 0. The molecule has 0 heterocycles. The first kappa shape index (κ1) is 5.10. The average Bonchev–Trinajstić information content (AvgIpc) is 1.41. The van der Waals surface area contributed by atoms with Gasteiger partial charge >= 0.3 is 39.1 Å². The quantitative estimate of drug-likeness (QED) is 0.443. The van der Waals surface area contributed by atoms with Gasteiger partial charge in [-0.2, -0.15) is 0 Å². The normalized spacial score (nSPS) is 9.40. The molecule has 0 saturated heterocycles. The molecule has 5 heavy (non-hydrogen) atoms. The van der Waals surface area contributed by atoms with Gasteiger partial charge in [0.25, 0.3) is 0 Å². The average molecular weight is 113 g/mol. The molecule has 0 saturated carbocycles. The van der Waals surface area contributed by atoms with E-state index in [0.29, 0.717) is 0 Å². The Kier molecular flexibility index (Phi) is 4.19. The summed E-state index contributed by atoms with van der Waals surface area (Å²) in [6.45, 7) is 1.94. The molecule has 0 fully saturated rings. The maximum atomic E-state index is 4.20. The van der Waals surface area contributed by atoms with Crippen molar-refractivity contribution in [2.45, 2.75) is 6.92 Å². The molecule has 0 bridgehead atoms. The van der Waals surface area contributed by atoms with Gasteiger partial charge in [-0.1, -0.05) is 0 Å². The van der Waals surface area contributed by atoms with Gasteiger partial charge < -0.3 is 0 Å². The fourth-order valence-corrected chi connectivity index (χ4v) is 0.251. The van der Waals surface area contributed by atoms with E-state index in [-0.39, 0.29) is 0 Å². The van der Waals surface area contributed by atoms with Crippen LogP contribution in [0, 0.1) is 0 Å². The van der Waals surface area contributed by atoms with Crippen LogP contribution in [0.2, 0.25) is 0 Å². The Balaban J connectivity index is 2.92. The molecule has 0 amide bonds. The zero-order chi connectivity index (χ0) is 4.12. The van der Waals surface area contributed by atoms with Crippen molar-refractivity contribution in [2.24, 2.45) is 0 Å². The fourth-order valence-electron chi connectivity index (χ4n) is 0.0609. The topological polar surface area (TPSA) is 0 Å². The first-order valence-electron chi connectivity index (χ1n) is 1.43. The summed E-state index contributed by atoms with van der Waals surface area (Å²) >= 11 is 4.20. The van der Waals surface area contributed by atoms with Crippen molar-refractivity contribution in [1.82, 2.24) is 0 Å². The molecule has 0 rings (SSSR count). The first-order chi connectivity index (χ1) is 2.41. The van der Waals surface area contributed by atoms with Gasteiger partial charge in [-0.25, -0.2) is 0 Å². The molecule has 0 aromatic heterocycles. The molecule has 0 aliphatic rings. The van der Waals surface area contributed by atoms with Gasteiger partial charge in [0.1, 0.15) is 0 Å². The van der Waals surface area contributed by atoms with E-state index in [4.69, 9.17) is 0 Å². The molecule has 0 N–H and O–H groups in total. The summed E-state index contributed by atoms with van der Waals surface area (Å²) in [6.07, 6.45) is 3.74. The van der Waals surface area contributed by atoms with E-state index in [1.54, 1.807) is 4.99 Å². The number of rotatable bonds is 1. The molecule has 0 aromatic rings. The first-order valence-corrected chi connectivity index (χ1v) is 2.00. The summed E-state index contributed by atoms with van der Waals surface area (Å²) in [5.41, 5.74) is 0. The van der Waals surface area contributed by atoms with Gasteiger partial charge in [-0.3, -0.25) is 0 Å². The molecular weight excluding hydrogens is 107 g/mol. The second kappa shape index (κ2) is 4.10. The third-order valence-corrected chi connectivity index (χ3v) is 0.443. The van der Waals surface area contributed by atoms with E-state index < -0.39 is 0 Å². The van der Waals surface area contributed by atoms with Crippen LogP contribution in [-0.2, 0) is 15.0 Å². The third kappa shape index (κ3) is 4.10. The van der Waals surface area contributed by atoms with Crippen molar-refractivity contribution >= 4 is 4.99 Å². The summed E-state index contributed by atoms with van der Waals surface area (Å²) < 4.78 is 0. The van der Waals surface area contributed by atoms with Crippen molar-refractivity contribution in [3.63, 3.8) is 0 Å². The summed E-state index contributed by atoms with van der Waals surface area (Å²) in [5.74, 6) is 0. The Labute approximate surface area is 39.8 Å². The number of allylic oxidation sites excluding steroid dienone is 2. The SMILES string of the molecule is C/C=C\[CH]=[Ni]. The molecule has 0 unspecified atom stereocenters. The van der Waals surface area contributed by atoms with Crippen molar-refractivity contribution in [3.05, 3.63) is 12.2 Å². The number of hydrogen-bond acceptors (Lipinski definition) is 0. The van der Waals surface area contributed by atoms with E-state index in [1.165, 1.54) is 0 Å². The molecule has 0 spiro atoms.